The minimum absolute atomic E-state index is 0.0312. The van der Waals surface area contributed by atoms with Gasteiger partial charge in [-0.25, -0.2) is 0 Å². The van der Waals surface area contributed by atoms with Crippen molar-refractivity contribution in [3.8, 4) is 17.6 Å². The summed E-state index contributed by atoms with van der Waals surface area (Å²) in [7, 11) is 0. The molecule has 0 fully saturated rings. The number of rotatable bonds is 8. The molecule has 168 valence electrons. The fraction of sp³-hybridized carbons (Fsp3) is 0.222. The average Bonchev–Trinajstić information content (AvgIpc) is 2.80. The van der Waals surface area contributed by atoms with Crippen molar-refractivity contribution >= 4 is 17.9 Å². The molecule has 0 atom stereocenters. The molecule has 1 heterocycles. The number of aryl methyl sites for hydroxylation is 1. The molecule has 0 saturated carbocycles. The van der Waals surface area contributed by atoms with Crippen molar-refractivity contribution < 1.29 is 19.1 Å². The number of carbonyl (C=O) groups is 2. The topological polar surface area (TPSA) is 79.6 Å². The molecule has 0 spiro atoms. The number of amides is 2. The van der Waals surface area contributed by atoms with E-state index in [1.165, 1.54) is 11.6 Å². The zero-order valence-corrected chi connectivity index (χ0v) is 19.1. The van der Waals surface area contributed by atoms with E-state index in [1.54, 1.807) is 31.2 Å². The number of imide groups is 1. The van der Waals surface area contributed by atoms with Crippen molar-refractivity contribution in [2.75, 3.05) is 13.2 Å². The summed E-state index contributed by atoms with van der Waals surface area (Å²) in [5.41, 5.74) is 3.49. The minimum atomic E-state index is -0.605. The summed E-state index contributed by atoms with van der Waals surface area (Å²) >= 11 is 0. The van der Waals surface area contributed by atoms with Crippen molar-refractivity contribution in [2.45, 2.75) is 27.4 Å². The summed E-state index contributed by atoms with van der Waals surface area (Å²) in [6.07, 6.45) is 3.11. The Morgan fingerprint density at radius 1 is 1.03 bits per heavy atom. The summed E-state index contributed by atoms with van der Waals surface area (Å²) < 4.78 is 11.7. The van der Waals surface area contributed by atoms with Crippen molar-refractivity contribution in [1.82, 2.24) is 4.90 Å². The predicted octanol–water partition coefficient (Wildman–Crippen LogP) is 4.75. The Morgan fingerprint density at radius 2 is 1.76 bits per heavy atom. The molecule has 6 nitrogen and oxygen atoms in total. The molecule has 0 aliphatic carbocycles. The number of nitrogens with zero attached hydrogens (tertiary/aromatic N) is 2. The molecule has 0 unspecified atom stereocenters. The van der Waals surface area contributed by atoms with Crippen LogP contribution in [0.4, 0.5) is 0 Å². The summed E-state index contributed by atoms with van der Waals surface area (Å²) in [6, 6.07) is 15.4. The fourth-order valence-electron chi connectivity index (χ4n) is 3.44. The van der Waals surface area contributed by atoms with Gasteiger partial charge in [0.15, 0.2) is 11.5 Å². The van der Waals surface area contributed by atoms with Gasteiger partial charge in [-0.15, -0.1) is 6.58 Å². The SMILES string of the molecule is C=CCN1C(=O)C(C#N)=C(C)/C(=C\c2ccc(OCc3ccc(C)cc3)c(OCC)c2)C1=O. The molecule has 0 N–H and O–H groups in total. The maximum atomic E-state index is 13.0. The first-order valence-corrected chi connectivity index (χ1v) is 10.6. The highest BCUT2D eigenvalue weighted by atomic mass is 16.5. The lowest BCUT2D eigenvalue weighted by molar-refractivity contribution is -0.139. The summed E-state index contributed by atoms with van der Waals surface area (Å²) in [6.45, 7) is 9.98. The van der Waals surface area contributed by atoms with Gasteiger partial charge in [-0.1, -0.05) is 42.0 Å². The second-order valence-corrected chi connectivity index (χ2v) is 7.59. The van der Waals surface area contributed by atoms with E-state index in [0.717, 1.165) is 10.5 Å². The quantitative estimate of drug-likeness (QED) is 0.335. The zero-order chi connectivity index (χ0) is 24.0. The Bertz CT molecular complexity index is 1180. The van der Waals surface area contributed by atoms with Gasteiger partial charge in [0.1, 0.15) is 18.2 Å². The largest absolute Gasteiger partial charge is 0.490 e. The molecule has 3 rings (SSSR count). The Morgan fingerprint density at radius 3 is 2.39 bits per heavy atom. The summed E-state index contributed by atoms with van der Waals surface area (Å²) in [5.74, 6) is 0.0623. The number of hydrogen-bond acceptors (Lipinski definition) is 5. The third-order valence-electron chi connectivity index (χ3n) is 5.23. The predicted molar refractivity (Wildman–Crippen MR) is 126 cm³/mol. The maximum absolute atomic E-state index is 13.0. The van der Waals surface area contributed by atoms with E-state index < -0.39 is 11.8 Å². The third kappa shape index (κ3) is 5.21. The van der Waals surface area contributed by atoms with Crippen LogP contribution in [0.1, 0.15) is 30.5 Å². The average molecular weight is 443 g/mol. The van der Waals surface area contributed by atoms with Gasteiger partial charge in [0, 0.05) is 12.1 Å². The Kier molecular flexibility index (Phi) is 7.47. The maximum Gasteiger partial charge on any atom is 0.271 e. The molecule has 2 aromatic rings. The molecular formula is C27H26N2O4. The minimum Gasteiger partial charge on any atom is -0.490 e. The van der Waals surface area contributed by atoms with Gasteiger partial charge in [-0.05, 0) is 55.7 Å². The highest BCUT2D eigenvalue weighted by molar-refractivity contribution is 6.19. The van der Waals surface area contributed by atoms with Crippen molar-refractivity contribution in [2.24, 2.45) is 0 Å². The first-order chi connectivity index (χ1) is 15.9. The molecule has 1 aliphatic heterocycles. The molecule has 0 aromatic heterocycles. The van der Waals surface area contributed by atoms with E-state index in [0.29, 0.717) is 35.8 Å². The second-order valence-electron chi connectivity index (χ2n) is 7.59. The normalized spacial score (nSPS) is 15.0. The number of carbonyl (C=O) groups excluding carboxylic acids is 2. The van der Waals surface area contributed by atoms with Crippen molar-refractivity contribution in [3.05, 3.63) is 88.5 Å². The number of nitriles is 1. The Balaban J connectivity index is 1.94. The standard InChI is InChI=1S/C27H26N2O4/c1-5-13-29-26(30)22(19(4)23(16-28)27(29)31)14-21-11-12-24(25(15-21)32-6-2)33-17-20-9-7-18(3)8-10-20/h5,7-12,14-15H,1,6,13,17H2,2-4H3/b22-14+. The van der Waals surface area contributed by atoms with Crippen LogP contribution in [0.3, 0.4) is 0 Å². The van der Waals surface area contributed by atoms with Crippen molar-refractivity contribution in [3.63, 3.8) is 0 Å². The van der Waals surface area contributed by atoms with Crippen LogP contribution < -0.4 is 9.47 Å². The summed E-state index contributed by atoms with van der Waals surface area (Å²) in [4.78, 5) is 26.4. The Labute approximate surface area is 194 Å². The van der Waals surface area contributed by atoms with Gasteiger partial charge in [-0.3, -0.25) is 14.5 Å². The molecule has 2 aromatic carbocycles. The lowest BCUT2D eigenvalue weighted by Crippen LogP contribution is -2.42. The molecule has 6 heteroatoms. The van der Waals surface area contributed by atoms with Gasteiger partial charge >= 0.3 is 0 Å². The van der Waals surface area contributed by atoms with E-state index >= 15 is 0 Å². The van der Waals surface area contributed by atoms with Crippen LogP contribution in [0.2, 0.25) is 0 Å². The third-order valence-corrected chi connectivity index (χ3v) is 5.23. The molecular weight excluding hydrogens is 416 g/mol. The van der Waals surface area contributed by atoms with Crippen LogP contribution in [0.5, 0.6) is 11.5 Å². The van der Waals surface area contributed by atoms with E-state index in [2.05, 4.69) is 6.58 Å². The van der Waals surface area contributed by atoms with Crippen LogP contribution in [-0.4, -0.2) is 29.9 Å². The highest BCUT2D eigenvalue weighted by Gasteiger charge is 2.34. The van der Waals surface area contributed by atoms with E-state index in [4.69, 9.17) is 9.47 Å². The Hall–Kier alpha value is -4.11. The van der Waals surface area contributed by atoms with Crippen LogP contribution in [-0.2, 0) is 16.2 Å². The monoisotopic (exact) mass is 442 g/mol. The van der Waals surface area contributed by atoms with Gasteiger partial charge in [0.05, 0.1) is 6.61 Å². The number of hydrogen-bond donors (Lipinski definition) is 0. The molecule has 1 aliphatic rings. The van der Waals surface area contributed by atoms with Crippen LogP contribution in [0.15, 0.2) is 71.8 Å². The number of benzene rings is 2. The molecule has 0 radical (unpaired) electrons. The molecule has 0 bridgehead atoms. The van der Waals surface area contributed by atoms with Crippen LogP contribution in [0.25, 0.3) is 6.08 Å². The van der Waals surface area contributed by atoms with E-state index in [1.807, 2.05) is 44.2 Å². The first-order valence-electron chi connectivity index (χ1n) is 10.6. The van der Waals surface area contributed by atoms with Gasteiger partial charge in [0.2, 0.25) is 0 Å². The van der Waals surface area contributed by atoms with E-state index in [-0.39, 0.29) is 17.7 Å². The lowest BCUT2D eigenvalue weighted by atomic mass is 9.93. The lowest BCUT2D eigenvalue weighted by Gasteiger charge is -2.26. The highest BCUT2D eigenvalue weighted by Crippen LogP contribution is 2.32. The molecule has 33 heavy (non-hydrogen) atoms. The second kappa shape index (κ2) is 10.5. The smallest absolute Gasteiger partial charge is 0.271 e. The number of ether oxygens (including phenoxy) is 2. The summed E-state index contributed by atoms with van der Waals surface area (Å²) in [5, 5.41) is 9.45. The van der Waals surface area contributed by atoms with Gasteiger partial charge < -0.3 is 9.47 Å². The zero-order valence-electron chi connectivity index (χ0n) is 19.1. The van der Waals surface area contributed by atoms with Crippen LogP contribution >= 0.6 is 0 Å². The van der Waals surface area contributed by atoms with E-state index in [9.17, 15) is 14.9 Å². The van der Waals surface area contributed by atoms with Crippen LogP contribution in [0, 0.1) is 18.3 Å². The van der Waals surface area contributed by atoms with Crippen molar-refractivity contribution in [1.29, 1.82) is 5.26 Å². The fourth-order valence-corrected chi connectivity index (χ4v) is 3.44. The first kappa shape index (κ1) is 23.6. The molecule has 0 saturated heterocycles. The van der Waals surface area contributed by atoms with Gasteiger partial charge in [0.25, 0.3) is 11.8 Å². The van der Waals surface area contributed by atoms with Gasteiger partial charge in [-0.2, -0.15) is 5.26 Å². The molecule has 2 amide bonds.